The van der Waals surface area contributed by atoms with Crippen LogP contribution in [0.1, 0.15) is 27.6 Å². The van der Waals surface area contributed by atoms with E-state index in [0.717, 1.165) is 4.90 Å². The third-order valence-electron chi connectivity index (χ3n) is 4.57. The van der Waals surface area contributed by atoms with Crippen LogP contribution in [-0.2, 0) is 4.79 Å². The van der Waals surface area contributed by atoms with E-state index < -0.39 is 16.7 Å². The molecule has 1 N–H and O–H groups in total. The summed E-state index contributed by atoms with van der Waals surface area (Å²) in [5, 5.41) is 13.5. The molecule has 0 fully saturated rings. The molecule has 0 aromatic heterocycles. The van der Waals surface area contributed by atoms with Crippen LogP contribution >= 0.6 is 0 Å². The number of benzene rings is 3. The Labute approximate surface area is 176 Å². The molecule has 9 heteroatoms. The molecule has 4 rings (SSSR count). The van der Waals surface area contributed by atoms with Crippen LogP contribution < -0.4 is 15.0 Å². The lowest BCUT2D eigenvalue weighted by molar-refractivity contribution is -0.384. The molecule has 1 aliphatic heterocycles. The van der Waals surface area contributed by atoms with Gasteiger partial charge in [0.2, 0.25) is 5.91 Å². The molecule has 154 valence electrons. The predicted molar refractivity (Wildman–Crippen MR) is 111 cm³/mol. The fourth-order valence-corrected chi connectivity index (χ4v) is 3.22. The van der Waals surface area contributed by atoms with Crippen molar-refractivity contribution in [2.45, 2.75) is 6.92 Å². The van der Waals surface area contributed by atoms with Crippen molar-refractivity contribution in [1.29, 1.82) is 0 Å². The van der Waals surface area contributed by atoms with Gasteiger partial charge in [0.15, 0.2) is 0 Å². The van der Waals surface area contributed by atoms with Crippen molar-refractivity contribution in [2.24, 2.45) is 0 Å². The Balaban J connectivity index is 1.59. The summed E-state index contributed by atoms with van der Waals surface area (Å²) in [7, 11) is 0. The van der Waals surface area contributed by atoms with Crippen LogP contribution in [0.15, 0.2) is 66.7 Å². The molecule has 9 nitrogen and oxygen atoms in total. The summed E-state index contributed by atoms with van der Waals surface area (Å²) in [6, 6.07) is 16.4. The molecule has 0 atom stereocenters. The van der Waals surface area contributed by atoms with Gasteiger partial charge in [0.25, 0.3) is 17.5 Å². The lowest BCUT2D eigenvalue weighted by atomic mass is 10.1. The minimum atomic E-state index is -0.559. The van der Waals surface area contributed by atoms with E-state index in [1.807, 2.05) is 0 Å². The summed E-state index contributed by atoms with van der Waals surface area (Å²) in [5.41, 5.74) is 1.03. The zero-order valence-electron chi connectivity index (χ0n) is 16.2. The lowest BCUT2D eigenvalue weighted by Gasteiger charge is -2.13. The first-order valence-electron chi connectivity index (χ1n) is 9.16. The van der Waals surface area contributed by atoms with E-state index in [4.69, 9.17) is 4.74 Å². The third-order valence-corrected chi connectivity index (χ3v) is 4.57. The number of rotatable bonds is 5. The predicted octanol–water partition coefficient (Wildman–Crippen LogP) is 4.15. The van der Waals surface area contributed by atoms with Gasteiger partial charge in [-0.25, -0.2) is 4.90 Å². The molecule has 0 saturated carbocycles. The van der Waals surface area contributed by atoms with Crippen LogP contribution in [0.25, 0.3) is 0 Å². The lowest BCUT2D eigenvalue weighted by Crippen LogP contribution is -2.29. The van der Waals surface area contributed by atoms with Gasteiger partial charge in [-0.3, -0.25) is 24.5 Å². The highest BCUT2D eigenvalue weighted by Crippen LogP contribution is 2.33. The molecule has 0 aliphatic carbocycles. The standard InChI is InChI=1S/C22H15N3O6/c1-13(26)23-14-3-2-4-17(11-14)31-18-9-10-19-20(12-18)22(28)24(21(19)27)15-5-7-16(8-6-15)25(29)30/h2-12H,1H3,(H,23,26). The molecule has 0 spiro atoms. The average molecular weight is 417 g/mol. The summed E-state index contributed by atoms with van der Waals surface area (Å²) < 4.78 is 5.78. The van der Waals surface area contributed by atoms with Gasteiger partial charge >= 0.3 is 0 Å². The van der Waals surface area contributed by atoms with E-state index >= 15 is 0 Å². The molecule has 0 bridgehead atoms. The fraction of sp³-hybridized carbons (Fsp3) is 0.0455. The van der Waals surface area contributed by atoms with Crippen molar-refractivity contribution in [1.82, 2.24) is 0 Å². The second-order valence-corrected chi connectivity index (χ2v) is 6.74. The maximum Gasteiger partial charge on any atom is 0.269 e. The number of anilines is 2. The highest BCUT2D eigenvalue weighted by atomic mass is 16.6. The normalized spacial score (nSPS) is 12.5. The monoisotopic (exact) mass is 417 g/mol. The SMILES string of the molecule is CC(=O)Nc1cccc(Oc2ccc3c(c2)C(=O)N(c2ccc([N+](=O)[O-])cc2)C3=O)c1. The number of carbonyl (C=O) groups is 3. The van der Waals surface area contributed by atoms with Crippen molar-refractivity contribution in [3.8, 4) is 11.5 Å². The van der Waals surface area contributed by atoms with Crippen LogP contribution in [0.5, 0.6) is 11.5 Å². The Kier molecular flexibility index (Phi) is 4.92. The van der Waals surface area contributed by atoms with Crippen molar-refractivity contribution in [3.05, 3.63) is 88.0 Å². The van der Waals surface area contributed by atoms with Crippen LogP contribution in [0, 0.1) is 10.1 Å². The van der Waals surface area contributed by atoms with Gasteiger partial charge in [-0.05, 0) is 42.5 Å². The molecular weight excluding hydrogens is 402 g/mol. The topological polar surface area (TPSA) is 119 Å². The maximum atomic E-state index is 12.9. The maximum absolute atomic E-state index is 12.9. The number of nitro groups is 1. The van der Waals surface area contributed by atoms with Crippen LogP contribution in [0.4, 0.5) is 17.1 Å². The second-order valence-electron chi connectivity index (χ2n) is 6.74. The summed E-state index contributed by atoms with van der Waals surface area (Å²) in [5.74, 6) is -0.509. The molecule has 3 aromatic carbocycles. The number of hydrogen-bond acceptors (Lipinski definition) is 6. The first kappa shape index (κ1) is 19.8. The Morgan fingerprint density at radius 2 is 1.61 bits per heavy atom. The zero-order chi connectivity index (χ0) is 22.1. The number of imide groups is 1. The second kappa shape index (κ2) is 7.71. The molecule has 0 unspecified atom stereocenters. The van der Waals surface area contributed by atoms with Crippen molar-refractivity contribution >= 4 is 34.8 Å². The third kappa shape index (κ3) is 3.84. The van der Waals surface area contributed by atoms with Crippen LogP contribution in [-0.4, -0.2) is 22.6 Å². The number of nitrogens with one attached hydrogen (secondary N) is 1. The first-order valence-corrected chi connectivity index (χ1v) is 9.16. The first-order chi connectivity index (χ1) is 14.8. The highest BCUT2D eigenvalue weighted by molar-refractivity contribution is 6.34. The Morgan fingerprint density at radius 1 is 0.935 bits per heavy atom. The smallest absolute Gasteiger partial charge is 0.269 e. The summed E-state index contributed by atoms with van der Waals surface area (Å²) in [6.45, 7) is 1.40. The van der Waals surface area contributed by atoms with E-state index in [9.17, 15) is 24.5 Å². The van der Waals surface area contributed by atoms with E-state index in [-0.39, 0.29) is 28.4 Å². The van der Waals surface area contributed by atoms with Crippen molar-refractivity contribution < 1.29 is 24.0 Å². The quantitative estimate of drug-likeness (QED) is 0.378. The molecule has 0 saturated heterocycles. The number of fused-ring (bicyclic) bond motifs is 1. The van der Waals surface area contributed by atoms with E-state index in [1.54, 1.807) is 30.3 Å². The van der Waals surface area contributed by atoms with E-state index in [0.29, 0.717) is 17.2 Å². The van der Waals surface area contributed by atoms with Gasteiger partial charge in [0, 0.05) is 30.8 Å². The number of carbonyl (C=O) groups excluding carboxylic acids is 3. The van der Waals surface area contributed by atoms with Gasteiger partial charge in [-0.15, -0.1) is 0 Å². The molecule has 31 heavy (non-hydrogen) atoms. The Hall–Kier alpha value is -4.53. The average Bonchev–Trinajstić information content (AvgIpc) is 2.98. The van der Waals surface area contributed by atoms with Gasteiger partial charge in [0.1, 0.15) is 11.5 Å². The molecule has 1 heterocycles. The highest BCUT2D eigenvalue weighted by Gasteiger charge is 2.37. The van der Waals surface area contributed by atoms with Crippen LogP contribution in [0.3, 0.4) is 0 Å². The molecule has 1 aliphatic rings. The van der Waals surface area contributed by atoms with Gasteiger partial charge < -0.3 is 10.1 Å². The molecule has 0 radical (unpaired) electrons. The van der Waals surface area contributed by atoms with Gasteiger partial charge in [-0.2, -0.15) is 0 Å². The summed E-state index contributed by atoms with van der Waals surface area (Å²) in [6.07, 6.45) is 0. The van der Waals surface area contributed by atoms with E-state index in [1.165, 1.54) is 43.3 Å². The minimum absolute atomic E-state index is 0.141. The van der Waals surface area contributed by atoms with E-state index in [2.05, 4.69) is 5.32 Å². The largest absolute Gasteiger partial charge is 0.457 e. The number of non-ortho nitro benzene ring substituents is 1. The Morgan fingerprint density at radius 3 is 2.29 bits per heavy atom. The number of amides is 3. The number of ether oxygens (including phenoxy) is 1. The molecule has 3 aromatic rings. The number of nitrogens with zero attached hydrogens (tertiary/aromatic N) is 2. The Bertz CT molecular complexity index is 1240. The fourth-order valence-electron chi connectivity index (χ4n) is 3.22. The summed E-state index contributed by atoms with van der Waals surface area (Å²) in [4.78, 5) is 48.1. The van der Waals surface area contributed by atoms with Crippen molar-refractivity contribution in [2.75, 3.05) is 10.2 Å². The zero-order valence-corrected chi connectivity index (χ0v) is 16.2. The minimum Gasteiger partial charge on any atom is -0.457 e. The number of nitro benzene ring substituents is 1. The van der Waals surface area contributed by atoms with Crippen molar-refractivity contribution in [3.63, 3.8) is 0 Å². The van der Waals surface area contributed by atoms with Crippen LogP contribution in [0.2, 0.25) is 0 Å². The number of hydrogen-bond donors (Lipinski definition) is 1. The summed E-state index contributed by atoms with van der Waals surface area (Å²) >= 11 is 0. The van der Waals surface area contributed by atoms with Gasteiger partial charge in [0.05, 0.1) is 21.7 Å². The van der Waals surface area contributed by atoms with Gasteiger partial charge in [-0.1, -0.05) is 6.07 Å². The molecular formula is C22H15N3O6. The molecule has 3 amide bonds.